The van der Waals surface area contributed by atoms with E-state index in [1.165, 1.54) is 6.92 Å². The molecule has 28 heavy (non-hydrogen) atoms. The number of carbonyl (C=O) groups is 1. The Balaban J connectivity index is 1.80. The van der Waals surface area contributed by atoms with Crippen molar-refractivity contribution in [3.63, 3.8) is 0 Å². The molecule has 0 radical (unpaired) electrons. The molecule has 3 N–H and O–H groups in total. The Morgan fingerprint density at radius 2 is 1.75 bits per heavy atom. The summed E-state index contributed by atoms with van der Waals surface area (Å²) in [5, 5.41) is 9.62. The molecule has 0 saturated heterocycles. The first kappa shape index (κ1) is 19.4. The van der Waals surface area contributed by atoms with Gasteiger partial charge in [0, 0.05) is 35.7 Å². The second kappa shape index (κ2) is 8.58. The number of methoxy groups -OCH3 is 1. The van der Waals surface area contributed by atoms with E-state index in [1.54, 1.807) is 19.2 Å². The summed E-state index contributed by atoms with van der Waals surface area (Å²) in [5.74, 6) is 1.52. The number of ether oxygens (including phenoxy) is 1. The molecule has 7 nitrogen and oxygen atoms in total. The summed E-state index contributed by atoms with van der Waals surface area (Å²) >= 11 is 6.17. The molecule has 0 aliphatic heterocycles. The van der Waals surface area contributed by atoms with Gasteiger partial charge < -0.3 is 20.7 Å². The molecule has 1 amide bonds. The number of aryl methyl sites for hydroxylation is 1. The largest absolute Gasteiger partial charge is 0.495 e. The molecule has 2 aromatic carbocycles. The molecule has 0 spiro atoms. The number of nitrogens with zero attached hydrogens (tertiary/aromatic N) is 2. The zero-order chi connectivity index (χ0) is 20.1. The predicted octanol–water partition coefficient (Wildman–Crippen LogP) is 4.89. The molecule has 1 heterocycles. The van der Waals surface area contributed by atoms with E-state index in [0.29, 0.717) is 28.2 Å². The normalized spacial score (nSPS) is 10.3. The van der Waals surface area contributed by atoms with Gasteiger partial charge in [-0.25, -0.2) is 4.98 Å². The van der Waals surface area contributed by atoms with Crippen molar-refractivity contribution in [3.8, 4) is 5.75 Å². The molecule has 144 valence electrons. The van der Waals surface area contributed by atoms with Gasteiger partial charge in [-0.1, -0.05) is 17.7 Å². The Morgan fingerprint density at radius 1 is 1.00 bits per heavy atom. The molecule has 3 rings (SSSR count). The van der Waals surface area contributed by atoms with Gasteiger partial charge in [0.05, 0.1) is 12.1 Å². The van der Waals surface area contributed by atoms with Crippen molar-refractivity contribution in [1.82, 2.24) is 9.97 Å². The van der Waals surface area contributed by atoms with Gasteiger partial charge >= 0.3 is 0 Å². The zero-order valence-corrected chi connectivity index (χ0v) is 16.5. The van der Waals surface area contributed by atoms with Crippen LogP contribution in [0.5, 0.6) is 5.75 Å². The Kier molecular flexibility index (Phi) is 5.96. The van der Waals surface area contributed by atoms with E-state index in [2.05, 4.69) is 25.9 Å². The number of nitrogens with one attached hydrogen (secondary N) is 3. The summed E-state index contributed by atoms with van der Waals surface area (Å²) < 4.78 is 5.16. The molecule has 0 bridgehead atoms. The molecule has 0 saturated carbocycles. The average molecular weight is 398 g/mol. The topological polar surface area (TPSA) is 88.2 Å². The van der Waals surface area contributed by atoms with Crippen LogP contribution in [0.15, 0.2) is 48.5 Å². The molecule has 0 aliphatic rings. The second-order valence-electron chi connectivity index (χ2n) is 6.08. The van der Waals surface area contributed by atoms with Gasteiger partial charge in [-0.3, -0.25) is 4.79 Å². The third-order valence-corrected chi connectivity index (χ3v) is 4.01. The van der Waals surface area contributed by atoms with Gasteiger partial charge in [0.2, 0.25) is 11.9 Å². The summed E-state index contributed by atoms with van der Waals surface area (Å²) in [6.45, 7) is 3.35. The van der Waals surface area contributed by atoms with Gasteiger partial charge in [-0.2, -0.15) is 4.98 Å². The number of rotatable bonds is 6. The number of aromatic nitrogens is 2. The fraction of sp³-hybridized carbons (Fsp3) is 0.150. The number of anilines is 5. The number of carbonyl (C=O) groups excluding carboxylic acids is 1. The van der Waals surface area contributed by atoms with E-state index in [4.69, 9.17) is 16.3 Å². The second-order valence-corrected chi connectivity index (χ2v) is 6.49. The number of amides is 1. The highest BCUT2D eigenvalue weighted by Crippen LogP contribution is 2.28. The molecule has 8 heteroatoms. The van der Waals surface area contributed by atoms with Crippen LogP contribution in [0.4, 0.5) is 28.8 Å². The highest BCUT2D eigenvalue weighted by atomic mass is 35.5. The third kappa shape index (κ3) is 5.11. The van der Waals surface area contributed by atoms with Crippen molar-refractivity contribution in [2.75, 3.05) is 23.1 Å². The molecule has 0 atom stereocenters. The van der Waals surface area contributed by atoms with Gasteiger partial charge in [0.15, 0.2) is 0 Å². The summed E-state index contributed by atoms with van der Waals surface area (Å²) in [5.41, 5.74) is 3.03. The lowest BCUT2D eigenvalue weighted by Crippen LogP contribution is -2.06. The van der Waals surface area contributed by atoms with Crippen LogP contribution in [0.1, 0.15) is 12.6 Å². The standard InChI is InChI=1S/C20H20ClN5O2/c1-12-9-19(24-15-6-4-5-14(10-15)23-13(2)27)26-20(22-12)25-16-7-8-18(28-3)17(21)11-16/h4-11H,1-3H3,(H,23,27)(H2,22,24,25,26). The van der Waals surface area contributed by atoms with Crippen LogP contribution in [-0.4, -0.2) is 23.0 Å². The summed E-state index contributed by atoms with van der Waals surface area (Å²) in [4.78, 5) is 20.1. The van der Waals surface area contributed by atoms with Crippen molar-refractivity contribution >= 4 is 46.3 Å². The molecule has 1 aromatic heterocycles. The van der Waals surface area contributed by atoms with Gasteiger partial charge in [-0.05, 0) is 43.3 Å². The number of benzene rings is 2. The summed E-state index contributed by atoms with van der Waals surface area (Å²) in [6, 6.07) is 14.6. The molecule has 0 unspecified atom stereocenters. The first-order valence-corrected chi connectivity index (χ1v) is 8.91. The van der Waals surface area contributed by atoms with Crippen LogP contribution in [-0.2, 0) is 4.79 Å². The SMILES string of the molecule is COc1ccc(Nc2nc(C)cc(Nc3cccc(NC(C)=O)c3)n2)cc1Cl. The van der Waals surface area contributed by atoms with E-state index in [9.17, 15) is 4.79 Å². The van der Waals surface area contributed by atoms with E-state index in [0.717, 1.165) is 17.1 Å². The number of hydrogen-bond acceptors (Lipinski definition) is 6. The number of halogens is 1. The van der Waals surface area contributed by atoms with Crippen molar-refractivity contribution in [1.29, 1.82) is 0 Å². The van der Waals surface area contributed by atoms with Crippen LogP contribution in [0.3, 0.4) is 0 Å². The maximum absolute atomic E-state index is 11.2. The van der Waals surface area contributed by atoms with Crippen LogP contribution < -0.4 is 20.7 Å². The average Bonchev–Trinajstić information content (AvgIpc) is 2.61. The number of hydrogen-bond donors (Lipinski definition) is 3. The highest BCUT2D eigenvalue weighted by molar-refractivity contribution is 6.32. The van der Waals surface area contributed by atoms with E-state index >= 15 is 0 Å². The maximum Gasteiger partial charge on any atom is 0.229 e. The fourth-order valence-electron chi connectivity index (χ4n) is 2.59. The Morgan fingerprint density at radius 3 is 2.46 bits per heavy atom. The van der Waals surface area contributed by atoms with E-state index < -0.39 is 0 Å². The summed E-state index contributed by atoms with van der Waals surface area (Å²) in [7, 11) is 1.57. The lowest BCUT2D eigenvalue weighted by molar-refractivity contribution is -0.114. The minimum absolute atomic E-state index is 0.125. The summed E-state index contributed by atoms with van der Waals surface area (Å²) in [6.07, 6.45) is 0. The first-order valence-electron chi connectivity index (χ1n) is 8.54. The predicted molar refractivity (Wildman–Crippen MR) is 112 cm³/mol. The molecular weight excluding hydrogens is 378 g/mol. The molecule has 0 aliphatic carbocycles. The highest BCUT2D eigenvalue weighted by Gasteiger charge is 2.07. The van der Waals surface area contributed by atoms with Crippen LogP contribution in [0, 0.1) is 6.92 Å². The van der Waals surface area contributed by atoms with Crippen LogP contribution in [0.2, 0.25) is 5.02 Å². The van der Waals surface area contributed by atoms with Crippen molar-refractivity contribution < 1.29 is 9.53 Å². The van der Waals surface area contributed by atoms with Crippen molar-refractivity contribution in [2.45, 2.75) is 13.8 Å². The molecular formula is C20H20ClN5O2. The van der Waals surface area contributed by atoms with Crippen molar-refractivity contribution in [3.05, 3.63) is 59.2 Å². The monoisotopic (exact) mass is 397 g/mol. The molecule has 0 fully saturated rings. The smallest absolute Gasteiger partial charge is 0.229 e. The Bertz CT molecular complexity index is 1010. The molecule has 3 aromatic rings. The lowest BCUT2D eigenvalue weighted by Gasteiger charge is -2.12. The first-order chi connectivity index (χ1) is 13.4. The zero-order valence-electron chi connectivity index (χ0n) is 15.7. The van der Waals surface area contributed by atoms with E-state index in [1.807, 2.05) is 43.3 Å². The van der Waals surface area contributed by atoms with Crippen molar-refractivity contribution in [2.24, 2.45) is 0 Å². The van der Waals surface area contributed by atoms with Gasteiger partial charge in [0.1, 0.15) is 11.6 Å². The van der Waals surface area contributed by atoms with Crippen LogP contribution in [0.25, 0.3) is 0 Å². The quantitative estimate of drug-likeness (QED) is 0.548. The van der Waals surface area contributed by atoms with Gasteiger partial charge in [-0.15, -0.1) is 0 Å². The van der Waals surface area contributed by atoms with Gasteiger partial charge in [0.25, 0.3) is 0 Å². The third-order valence-electron chi connectivity index (χ3n) is 3.72. The maximum atomic E-state index is 11.2. The Labute approximate surface area is 168 Å². The fourth-order valence-corrected chi connectivity index (χ4v) is 2.85. The lowest BCUT2D eigenvalue weighted by atomic mass is 10.2. The minimum atomic E-state index is -0.125. The van der Waals surface area contributed by atoms with Crippen LogP contribution >= 0.6 is 11.6 Å². The minimum Gasteiger partial charge on any atom is -0.495 e. The Hall–Kier alpha value is -3.32. The van der Waals surface area contributed by atoms with E-state index in [-0.39, 0.29) is 5.91 Å².